The average molecular weight is 387 g/mol. The lowest BCUT2D eigenvalue weighted by Gasteiger charge is -2.15. The van der Waals surface area contributed by atoms with Crippen molar-refractivity contribution in [2.75, 3.05) is 0 Å². The molecule has 0 nitrogen and oxygen atoms in total. The third-order valence-corrected chi connectivity index (χ3v) is 7.52. The molecular weight excluding hydrogens is 368 g/mol. The van der Waals surface area contributed by atoms with Crippen molar-refractivity contribution >= 4 is 65.6 Å². The van der Waals surface area contributed by atoms with Crippen LogP contribution in [-0.2, 0) is 11.5 Å². The highest BCUT2D eigenvalue weighted by atomic mass is 32.2. The van der Waals surface area contributed by atoms with Crippen LogP contribution in [0.1, 0.15) is 11.1 Å². The van der Waals surface area contributed by atoms with E-state index in [1.165, 1.54) is 65.0 Å². The molecule has 1 heteroatoms. The Morgan fingerprint density at radius 2 is 0.793 bits per heavy atom. The minimum atomic E-state index is 1.05. The van der Waals surface area contributed by atoms with Gasteiger partial charge in [-0.25, -0.2) is 0 Å². The SMILES string of the molecule is c1cc2ccc3ccc4ccc5ccc6ccc7cc6c5c4c3c2cc1CSC7. The van der Waals surface area contributed by atoms with E-state index in [-0.39, 0.29) is 0 Å². The Morgan fingerprint density at radius 1 is 0.414 bits per heavy atom. The molecular formula is C28H18S. The van der Waals surface area contributed by atoms with Crippen molar-refractivity contribution in [2.45, 2.75) is 11.5 Å². The minimum Gasteiger partial charge on any atom is -0.152 e. The second-order valence-corrected chi connectivity index (χ2v) is 9.15. The molecule has 0 saturated heterocycles. The molecule has 4 bridgehead atoms. The quantitative estimate of drug-likeness (QED) is 0.237. The van der Waals surface area contributed by atoms with Gasteiger partial charge < -0.3 is 0 Å². The summed E-state index contributed by atoms with van der Waals surface area (Å²) in [4.78, 5) is 0. The van der Waals surface area contributed by atoms with E-state index in [9.17, 15) is 0 Å². The van der Waals surface area contributed by atoms with Crippen LogP contribution in [0.15, 0.2) is 84.9 Å². The van der Waals surface area contributed by atoms with Crippen LogP contribution in [0, 0.1) is 0 Å². The molecule has 6 aromatic carbocycles. The van der Waals surface area contributed by atoms with Gasteiger partial charge in [-0.3, -0.25) is 0 Å². The predicted molar refractivity (Wildman–Crippen MR) is 129 cm³/mol. The molecule has 1 heterocycles. The summed E-state index contributed by atoms with van der Waals surface area (Å²) in [7, 11) is 0. The van der Waals surface area contributed by atoms with Gasteiger partial charge in [0.1, 0.15) is 0 Å². The van der Waals surface area contributed by atoms with Gasteiger partial charge in [0.25, 0.3) is 0 Å². The molecule has 0 unspecified atom stereocenters. The number of rotatable bonds is 0. The van der Waals surface area contributed by atoms with Gasteiger partial charge in [-0.05, 0) is 77.1 Å². The van der Waals surface area contributed by atoms with Crippen LogP contribution in [0.3, 0.4) is 0 Å². The molecule has 6 aromatic rings. The van der Waals surface area contributed by atoms with Crippen molar-refractivity contribution in [3.63, 3.8) is 0 Å². The summed E-state index contributed by atoms with van der Waals surface area (Å²) in [6.45, 7) is 0. The molecule has 0 fully saturated rings. The zero-order valence-electron chi connectivity index (χ0n) is 15.9. The predicted octanol–water partition coefficient (Wildman–Crippen LogP) is 8.20. The van der Waals surface area contributed by atoms with Gasteiger partial charge in [0.15, 0.2) is 0 Å². The Morgan fingerprint density at radius 3 is 1.28 bits per heavy atom. The third kappa shape index (κ3) is 2.22. The first-order valence-electron chi connectivity index (χ1n) is 10.2. The van der Waals surface area contributed by atoms with E-state index in [2.05, 4.69) is 84.9 Å². The lowest BCUT2D eigenvalue weighted by molar-refractivity contribution is 1.39. The lowest BCUT2D eigenvalue weighted by Crippen LogP contribution is -1.90. The van der Waals surface area contributed by atoms with Gasteiger partial charge in [0, 0.05) is 11.5 Å². The maximum atomic E-state index is 2.43. The maximum absolute atomic E-state index is 2.43. The standard InChI is InChI=1S/C28H18S/c1-3-19-5-7-21-9-11-23-12-10-22-8-6-20-4-2-18-14-25(20)27(22)28(23)26(21)24(19)13-17(1)15-29-16-18/h1-14H,15-16H2. The van der Waals surface area contributed by atoms with Crippen molar-refractivity contribution in [1.29, 1.82) is 0 Å². The first kappa shape index (κ1) is 15.8. The normalized spacial score (nSPS) is 13.8. The fraction of sp³-hybridized carbons (Fsp3) is 0.0714. The molecule has 0 radical (unpaired) electrons. The van der Waals surface area contributed by atoms with Crippen LogP contribution in [0.2, 0.25) is 0 Å². The van der Waals surface area contributed by atoms with E-state index in [1.807, 2.05) is 11.8 Å². The fourth-order valence-electron chi connectivity index (χ4n) is 5.06. The van der Waals surface area contributed by atoms with Crippen molar-refractivity contribution < 1.29 is 0 Å². The van der Waals surface area contributed by atoms with Crippen molar-refractivity contribution in [1.82, 2.24) is 0 Å². The van der Waals surface area contributed by atoms with E-state index in [4.69, 9.17) is 0 Å². The molecule has 1 aliphatic rings. The molecule has 0 spiro atoms. The lowest BCUT2D eigenvalue weighted by atomic mass is 9.90. The van der Waals surface area contributed by atoms with Gasteiger partial charge in [-0.15, -0.1) is 0 Å². The van der Waals surface area contributed by atoms with Gasteiger partial charge in [0.05, 0.1) is 0 Å². The zero-order valence-corrected chi connectivity index (χ0v) is 16.7. The van der Waals surface area contributed by atoms with E-state index < -0.39 is 0 Å². The molecule has 0 atom stereocenters. The molecule has 7 rings (SSSR count). The second-order valence-electron chi connectivity index (χ2n) is 8.16. The highest BCUT2D eigenvalue weighted by Crippen LogP contribution is 2.40. The Bertz CT molecular complexity index is 1500. The van der Waals surface area contributed by atoms with Crippen LogP contribution in [0.5, 0.6) is 0 Å². The van der Waals surface area contributed by atoms with Gasteiger partial charge >= 0.3 is 0 Å². The molecule has 0 aliphatic carbocycles. The van der Waals surface area contributed by atoms with Crippen LogP contribution in [0.4, 0.5) is 0 Å². The third-order valence-electron chi connectivity index (χ3n) is 6.45. The summed E-state index contributed by atoms with van der Waals surface area (Å²) in [5, 5.41) is 13.6. The molecule has 0 saturated carbocycles. The number of benzene rings is 6. The Labute approximate surface area is 173 Å². The van der Waals surface area contributed by atoms with Crippen molar-refractivity contribution in [2.24, 2.45) is 0 Å². The van der Waals surface area contributed by atoms with Crippen molar-refractivity contribution in [3.8, 4) is 0 Å². The molecule has 136 valence electrons. The van der Waals surface area contributed by atoms with E-state index in [1.54, 1.807) is 0 Å². The van der Waals surface area contributed by atoms with E-state index >= 15 is 0 Å². The molecule has 1 aliphatic heterocycles. The number of thioether (sulfide) groups is 1. The monoisotopic (exact) mass is 386 g/mol. The van der Waals surface area contributed by atoms with Crippen LogP contribution in [-0.4, -0.2) is 0 Å². The van der Waals surface area contributed by atoms with E-state index in [0.717, 1.165) is 11.5 Å². The topological polar surface area (TPSA) is 0 Å². The summed E-state index contributed by atoms with van der Waals surface area (Å²) in [6.07, 6.45) is 0. The second kappa shape index (κ2) is 5.75. The van der Waals surface area contributed by atoms with Crippen LogP contribution >= 0.6 is 11.8 Å². The van der Waals surface area contributed by atoms with Gasteiger partial charge in [0.2, 0.25) is 0 Å². The zero-order chi connectivity index (χ0) is 18.9. The van der Waals surface area contributed by atoms with Crippen molar-refractivity contribution in [3.05, 3.63) is 96.1 Å². The molecule has 0 N–H and O–H groups in total. The Balaban J connectivity index is 1.88. The minimum absolute atomic E-state index is 1.05. The summed E-state index contributed by atoms with van der Waals surface area (Å²) in [5.74, 6) is 2.10. The molecule has 29 heavy (non-hydrogen) atoms. The van der Waals surface area contributed by atoms with Gasteiger partial charge in [-0.2, -0.15) is 11.8 Å². The smallest absolute Gasteiger partial charge is 0.0188 e. The highest BCUT2D eigenvalue weighted by molar-refractivity contribution is 7.97. The molecule has 0 aromatic heterocycles. The highest BCUT2D eigenvalue weighted by Gasteiger charge is 2.13. The summed E-state index contributed by atoms with van der Waals surface area (Å²) in [6, 6.07) is 32.3. The number of hydrogen-bond acceptors (Lipinski definition) is 1. The van der Waals surface area contributed by atoms with Crippen LogP contribution < -0.4 is 0 Å². The maximum Gasteiger partial charge on any atom is 0.0188 e. The average Bonchev–Trinajstić information content (AvgIpc) is 2.77. The van der Waals surface area contributed by atoms with Crippen LogP contribution in [0.25, 0.3) is 53.9 Å². The Kier molecular flexibility index (Phi) is 3.14. The Hall–Kier alpha value is -3.03. The fourth-order valence-corrected chi connectivity index (χ4v) is 6.00. The largest absolute Gasteiger partial charge is 0.152 e. The van der Waals surface area contributed by atoms with Gasteiger partial charge in [-0.1, -0.05) is 72.8 Å². The summed E-state index contributed by atoms with van der Waals surface area (Å²) >= 11 is 2.01. The number of hydrogen-bond donors (Lipinski definition) is 0. The number of fused-ring (bicyclic) bond motifs is 2. The first-order chi connectivity index (χ1) is 14.3. The summed E-state index contributed by atoms with van der Waals surface area (Å²) in [5.41, 5.74) is 2.82. The first-order valence-corrected chi connectivity index (χ1v) is 11.3. The van der Waals surface area contributed by atoms with E-state index in [0.29, 0.717) is 0 Å². The summed E-state index contributed by atoms with van der Waals surface area (Å²) < 4.78 is 0. The molecule has 0 amide bonds.